The molecule has 4 aromatic rings. The number of nitrogens with zero attached hydrogens (tertiary/aromatic N) is 4. The molecule has 30 heavy (non-hydrogen) atoms. The number of benzene rings is 2. The zero-order chi connectivity index (χ0) is 21.3. The molecule has 0 aliphatic heterocycles. The molecule has 0 fully saturated rings. The molecule has 0 atom stereocenters. The van der Waals surface area contributed by atoms with Gasteiger partial charge in [-0.1, -0.05) is 23.7 Å². The Hall–Kier alpha value is -3.32. The van der Waals surface area contributed by atoms with E-state index >= 15 is 0 Å². The van der Waals surface area contributed by atoms with E-state index in [2.05, 4.69) is 25.4 Å². The van der Waals surface area contributed by atoms with Gasteiger partial charge in [0, 0.05) is 35.9 Å². The fourth-order valence-electron chi connectivity index (χ4n) is 3.38. The Morgan fingerprint density at radius 3 is 2.60 bits per heavy atom. The molecule has 0 saturated carbocycles. The normalized spacial score (nSPS) is 11.2. The van der Waals surface area contributed by atoms with Crippen molar-refractivity contribution in [2.24, 2.45) is 7.05 Å². The van der Waals surface area contributed by atoms with Crippen molar-refractivity contribution in [2.75, 3.05) is 5.32 Å². The molecule has 0 spiro atoms. The molecule has 0 unspecified atom stereocenters. The van der Waals surface area contributed by atoms with E-state index in [1.54, 1.807) is 0 Å². The minimum atomic E-state index is -0.226. The second kappa shape index (κ2) is 8.20. The molecular formula is C22H23ClN6O. The first kappa shape index (κ1) is 20.0. The van der Waals surface area contributed by atoms with E-state index in [0.29, 0.717) is 17.3 Å². The van der Waals surface area contributed by atoms with E-state index in [0.717, 1.165) is 28.1 Å². The monoisotopic (exact) mass is 422 g/mol. The Morgan fingerprint density at radius 2 is 1.87 bits per heavy atom. The van der Waals surface area contributed by atoms with Gasteiger partial charge in [-0.05, 0) is 50.2 Å². The molecule has 4 rings (SSSR count). The SMILES string of the molecule is CC(C)NC(=O)Nc1ccc(-c2nnc(Cn3ccc4cccc(Cl)c43)n2C)cc1. The van der Waals surface area contributed by atoms with Crippen molar-refractivity contribution in [1.29, 1.82) is 0 Å². The van der Waals surface area contributed by atoms with Crippen molar-refractivity contribution < 1.29 is 4.79 Å². The summed E-state index contributed by atoms with van der Waals surface area (Å²) in [6, 6.07) is 15.3. The number of urea groups is 1. The van der Waals surface area contributed by atoms with Crippen molar-refractivity contribution in [1.82, 2.24) is 24.6 Å². The average Bonchev–Trinajstić information content (AvgIpc) is 3.27. The van der Waals surface area contributed by atoms with Crippen molar-refractivity contribution in [2.45, 2.75) is 26.4 Å². The molecule has 154 valence electrons. The third-order valence-corrected chi connectivity index (χ3v) is 5.14. The smallest absolute Gasteiger partial charge is 0.319 e. The number of carbonyl (C=O) groups is 1. The quantitative estimate of drug-likeness (QED) is 0.490. The van der Waals surface area contributed by atoms with Crippen LogP contribution in [0.3, 0.4) is 0 Å². The second-order valence-electron chi connectivity index (χ2n) is 7.45. The van der Waals surface area contributed by atoms with Crippen LogP contribution in [0.2, 0.25) is 5.02 Å². The van der Waals surface area contributed by atoms with E-state index in [9.17, 15) is 4.79 Å². The maximum atomic E-state index is 11.8. The molecular weight excluding hydrogens is 400 g/mol. The molecule has 0 aliphatic carbocycles. The Labute approximate surface area is 179 Å². The molecule has 0 bridgehead atoms. The first-order valence-corrected chi connectivity index (χ1v) is 10.1. The Bertz CT molecular complexity index is 1190. The first-order valence-electron chi connectivity index (χ1n) is 9.72. The number of halogens is 1. The largest absolute Gasteiger partial charge is 0.339 e. The highest BCUT2D eigenvalue weighted by Gasteiger charge is 2.13. The lowest BCUT2D eigenvalue weighted by Crippen LogP contribution is -2.34. The van der Waals surface area contributed by atoms with Crippen molar-refractivity contribution in [3.63, 3.8) is 0 Å². The van der Waals surface area contributed by atoms with E-state index in [1.807, 2.05) is 80.2 Å². The molecule has 0 aliphatic rings. The average molecular weight is 423 g/mol. The van der Waals surface area contributed by atoms with Crippen LogP contribution < -0.4 is 10.6 Å². The van der Waals surface area contributed by atoms with Gasteiger partial charge in [0.25, 0.3) is 0 Å². The van der Waals surface area contributed by atoms with Crippen LogP contribution in [0, 0.1) is 0 Å². The van der Waals surface area contributed by atoms with Crippen LogP contribution in [-0.2, 0) is 13.6 Å². The van der Waals surface area contributed by atoms with Gasteiger partial charge in [0.1, 0.15) is 0 Å². The third kappa shape index (κ3) is 4.02. The summed E-state index contributed by atoms with van der Waals surface area (Å²) >= 11 is 6.39. The molecule has 2 aromatic carbocycles. The van der Waals surface area contributed by atoms with Gasteiger partial charge in [-0.2, -0.15) is 0 Å². The van der Waals surface area contributed by atoms with Crippen molar-refractivity contribution >= 4 is 34.2 Å². The van der Waals surface area contributed by atoms with Gasteiger partial charge in [-0.15, -0.1) is 10.2 Å². The zero-order valence-corrected chi connectivity index (χ0v) is 17.8. The summed E-state index contributed by atoms with van der Waals surface area (Å²) in [7, 11) is 1.94. The van der Waals surface area contributed by atoms with Gasteiger partial charge < -0.3 is 19.8 Å². The molecule has 7 nitrogen and oxygen atoms in total. The summed E-state index contributed by atoms with van der Waals surface area (Å²) < 4.78 is 4.04. The van der Waals surface area contributed by atoms with Gasteiger partial charge in [-0.3, -0.25) is 0 Å². The first-order chi connectivity index (χ1) is 14.4. The number of para-hydroxylation sites is 1. The van der Waals surface area contributed by atoms with Crippen LogP contribution in [0.5, 0.6) is 0 Å². The summed E-state index contributed by atoms with van der Waals surface area (Å²) in [5, 5.41) is 16.2. The van der Waals surface area contributed by atoms with E-state index < -0.39 is 0 Å². The number of amides is 2. The van der Waals surface area contributed by atoms with Gasteiger partial charge >= 0.3 is 6.03 Å². The van der Waals surface area contributed by atoms with Crippen LogP contribution in [0.15, 0.2) is 54.7 Å². The van der Waals surface area contributed by atoms with Crippen molar-refractivity contribution in [3.05, 3.63) is 65.6 Å². The Morgan fingerprint density at radius 1 is 1.10 bits per heavy atom. The number of hydrogen-bond donors (Lipinski definition) is 2. The summed E-state index contributed by atoms with van der Waals surface area (Å²) in [5.74, 6) is 1.58. The summed E-state index contributed by atoms with van der Waals surface area (Å²) in [4.78, 5) is 11.8. The van der Waals surface area contributed by atoms with E-state index in [1.165, 1.54) is 0 Å². The molecule has 0 saturated heterocycles. The second-order valence-corrected chi connectivity index (χ2v) is 7.86. The number of hydrogen-bond acceptors (Lipinski definition) is 3. The summed E-state index contributed by atoms with van der Waals surface area (Å²) in [6.45, 7) is 4.39. The number of rotatable bonds is 5. The number of aromatic nitrogens is 4. The number of anilines is 1. The Balaban J connectivity index is 1.54. The van der Waals surface area contributed by atoms with Gasteiger partial charge in [0.15, 0.2) is 11.6 Å². The standard InChI is InChI=1S/C22H23ClN6O/c1-14(2)24-22(30)25-17-9-7-16(8-10-17)21-27-26-19(28(21)3)13-29-12-11-15-5-4-6-18(23)20(15)29/h4-12,14H,13H2,1-3H3,(H2,24,25,30). The molecule has 0 radical (unpaired) electrons. The molecule has 2 N–H and O–H groups in total. The zero-order valence-electron chi connectivity index (χ0n) is 17.1. The third-order valence-electron chi connectivity index (χ3n) is 4.84. The maximum absolute atomic E-state index is 11.8. The lowest BCUT2D eigenvalue weighted by molar-refractivity contribution is 0.250. The van der Waals surface area contributed by atoms with E-state index in [4.69, 9.17) is 11.6 Å². The highest BCUT2D eigenvalue weighted by Crippen LogP contribution is 2.26. The maximum Gasteiger partial charge on any atom is 0.319 e. The Kier molecular flexibility index (Phi) is 5.46. The van der Waals surface area contributed by atoms with Gasteiger partial charge in [0.05, 0.1) is 17.1 Å². The fraction of sp³-hybridized carbons (Fsp3) is 0.227. The number of nitrogens with one attached hydrogen (secondary N) is 2. The van der Waals surface area contributed by atoms with Crippen LogP contribution in [0.1, 0.15) is 19.7 Å². The summed E-state index contributed by atoms with van der Waals surface area (Å²) in [6.07, 6.45) is 2.01. The fourth-order valence-corrected chi connectivity index (χ4v) is 3.67. The van der Waals surface area contributed by atoms with Crippen LogP contribution in [0.4, 0.5) is 10.5 Å². The predicted molar refractivity (Wildman–Crippen MR) is 120 cm³/mol. The minimum Gasteiger partial charge on any atom is -0.339 e. The van der Waals surface area contributed by atoms with Gasteiger partial charge in [0.2, 0.25) is 0 Å². The minimum absolute atomic E-state index is 0.0774. The van der Waals surface area contributed by atoms with Crippen LogP contribution in [0.25, 0.3) is 22.3 Å². The number of carbonyl (C=O) groups excluding carboxylic acids is 1. The van der Waals surface area contributed by atoms with Gasteiger partial charge in [-0.25, -0.2) is 4.79 Å². The topological polar surface area (TPSA) is 76.8 Å². The van der Waals surface area contributed by atoms with Crippen LogP contribution >= 0.6 is 11.6 Å². The highest BCUT2D eigenvalue weighted by atomic mass is 35.5. The molecule has 2 heterocycles. The lowest BCUT2D eigenvalue weighted by atomic mass is 10.2. The van der Waals surface area contributed by atoms with Crippen molar-refractivity contribution in [3.8, 4) is 11.4 Å². The predicted octanol–water partition coefficient (Wildman–Crippen LogP) is 4.67. The van der Waals surface area contributed by atoms with E-state index in [-0.39, 0.29) is 12.1 Å². The summed E-state index contributed by atoms with van der Waals surface area (Å²) in [5.41, 5.74) is 2.62. The molecule has 2 aromatic heterocycles. The lowest BCUT2D eigenvalue weighted by Gasteiger charge is -2.10. The molecule has 8 heteroatoms. The highest BCUT2D eigenvalue weighted by molar-refractivity contribution is 6.35. The molecule has 2 amide bonds. The number of fused-ring (bicyclic) bond motifs is 1. The van der Waals surface area contributed by atoms with Crippen LogP contribution in [-0.4, -0.2) is 31.4 Å².